The smallest absolute Gasteiger partial charge is 0.125 e. The fraction of sp³-hybridized carbons (Fsp3) is 0.600. The first-order valence-electron chi connectivity index (χ1n) is 6.73. The molecule has 2 aliphatic rings. The van der Waals surface area contributed by atoms with Gasteiger partial charge in [0.2, 0.25) is 0 Å². The molecule has 3 nitrogen and oxygen atoms in total. The van der Waals surface area contributed by atoms with E-state index in [4.69, 9.17) is 9.47 Å². The Kier molecular flexibility index (Phi) is 2.83. The van der Waals surface area contributed by atoms with E-state index in [9.17, 15) is 0 Å². The molecule has 0 radical (unpaired) electrons. The molecular weight excluding hydrogens is 226 g/mol. The van der Waals surface area contributed by atoms with Gasteiger partial charge in [-0.3, -0.25) is 0 Å². The monoisotopic (exact) mass is 251 g/mol. The topological polar surface area (TPSA) is 30.5 Å². The van der Waals surface area contributed by atoms with Gasteiger partial charge in [-0.25, -0.2) is 0 Å². The Morgan fingerprint density at radius 2 is 2.33 bits per heavy atom. The van der Waals surface area contributed by atoms with Crippen LogP contribution in [0, 0.1) is 0 Å². The van der Waals surface area contributed by atoms with E-state index in [1.54, 1.807) is 0 Å². The highest BCUT2D eigenvalue weighted by Gasteiger charge is 2.45. The molecule has 2 aliphatic heterocycles. The van der Waals surface area contributed by atoms with Crippen LogP contribution >= 0.6 is 0 Å². The average Bonchev–Trinajstić information content (AvgIpc) is 2.70. The first kappa shape index (κ1) is 12.0. The van der Waals surface area contributed by atoms with E-state index in [1.807, 2.05) is 6.07 Å². The Morgan fingerprint density at radius 3 is 3.11 bits per heavy atom. The van der Waals surface area contributed by atoms with E-state index in [0.29, 0.717) is 12.5 Å². The minimum atomic E-state index is -0.0521. The number of ether oxygens (including phenoxy) is 2. The molecule has 1 fully saturated rings. The first-order chi connectivity index (χ1) is 8.60. The van der Waals surface area contributed by atoms with Crippen LogP contribution < -0.4 is 10.1 Å². The van der Waals surface area contributed by atoms with Crippen LogP contribution in [0.4, 0.5) is 0 Å². The lowest BCUT2D eigenvalue weighted by Gasteiger charge is -2.37. The van der Waals surface area contributed by atoms with Crippen LogP contribution in [0.2, 0.25) is 0 Å². The van der Waals surface area contributed by atoms with Crippen molar-refractivity contribution in [3.63, 3.8) is 0 Å². The zero-order chi connectivity index (χ0) is 12.8. The zero-order valence-corrected chi connectivity index (χ0v) is 11.3. The largest absolute Gasteiger partial charge is 0.491 e. The molecule has 0 spiro atoms. The van der Waals surface area contributed by atoms with Crippen molar-refractivity contribution in [1.29, 1.82) is 0 Å². The van der Waals surface area contributed by atoms with Crippen LogP contribution in [0.25, 0.3) is 0 Å². The summed E-state index contributed by atoms with van der Waals surface area (Å²) in [4.78, 5) is 0. The molecular formula is C15H25NO2. The lowest BCUT2D eigenvalue weighted by Crippen LogP contribution is -2.39. The summed E-state index contributed by atoms with van der Waals surface area (Å²) in [6.45, 7) is 8.92. The highest BCUT2D eigenvalue weighted by Crippen LogP contribution is 2.43. The summed E-state index contributed by atoms with van der Waals surface area (Å²) in [7, 11) is 0. The van der Waals surface area contributed by atoms with E-state index in [0.717, 1.165) is 18.8 Å². The van der Waals surface area contributed by atoms with Crippen LogP contribution in [0.3, 0.4) is 0 Å². The fourth-order valence-corrected chi connectivity index (χ4v) is 3.06. The van der Waals surface area contributed by atoms with Gasteiger partial charge < -0.3 is 14.8 Å². The molecule has 0 saturated carbocycles. The second-order valence-corrected chi connectivity index (χ2v) is 5.78. The number of benzene rings is 1. The molecule has 0 bridgehead atoms. The van der Waals surface area contributed by atoms with Gasteiger partial charge in [0, 0.05) is 27.4 Å². The molecule has 1 unspecified atom stereocenters. The quantitative estimate of drug-likeness (QED) is 0.876. The summed E-state index contributed by atoms with van der Waals surface area (Å²) in [6.07, 6.45) is 0.200. The molecule has 0 amide bonds. The van der Waals surface area contributed by atoms with Crippen molar-refractivity contribution in [2.75, 3.05) is 13.1 Å². The molecule has 1 aromatic rings. The van der Waals surface area contributed by atoms with Gasteiger partial charge in [-0.2, -0.15) is 0 Å². The molecule has 3 heteroatoms. The van der Waals surface area contributed by atoms with Crippen LogP contribution in [0.5, 0.6) is 5.75 Å². The SMILES string of the molecule is CC(C)Oc1cccc2c1CO[C@@]1(C)CNCC21.[HH].[HH]. The highest BCUT2D eigenvalue weighted by molar-refractivity contribution is 5.45. The van der Waals surface area contributed by atoms with E-state index < -0.39 is 0 Å². The maximum atomic E-state index is 6.10. The summed E-state index contributed by atoms with van der Waals surface area (Å²) in [5, 5.41) is 3.44. The van der Waals surface area contributed by atoms with Gasteiger partial charge >= 0.3 is 0 Å². The third kappa shape index (κ3) is 1.82. The van der Waals surface area contributed by atoms with Crippen molar-refractivity contribution in [3.8, 4) is 5.75 Å². The second kappa shape index (κ2) is 4.25. The summed E-state index contributed by atoms with van der Waals surface area (Å²) in [6, 6.07) is 6.37. The van der Waals surface area contributed by atoms with Gasteiger partial charge in [-0.05, 0) is 32.4 Å². The predicted molar refractivity (Wildman–Crippen MR) is 75.2 cm³/mol. The number of nitrogens with one attached hydrogen (secondary N) is 1. The molecule has 2 atom stereocenters. The van der Waals surface area contributed by atoms with Crippen molar-refractivity contribution < 1.29 is 12.3 Å². The van der Waals surface area contributed by atoms with Gasteiger partial charge in [0.05, 0.1) is 18.3 Å². The summed E-state index contributed by atoms with van der Waals surface area (Å²) in [5.41, 5.74) is 2.58. The van der Waals surface area contributed by atoms with Crippen molar-refractivity contribution in [2.45, 2.75) is 45.0 Å². The third-order valence-corrected chi connectivity index (χ3v) is 4.02. The molecule has 2 heterocycles. The molecule has 1 saturated heterocycles. The van der Waals surface area contributed by atoms with E-state index >= 15 is 0 Å². The lowest BCUT2D eigenvalue weighted by molar-refractivity contribution is -0.0529. The molecule has 0 aromatic heterocycles. The minimum absolute atomic E-state index is 0. The number of fused-ring (bicyclic) bond motifs is 3. The molecule has 3 rings (SSSR count). The molecule has 18 heavy (non-hydrogen) atoms. The van der Waals surface area contributed by atoms with Crippen molar-refractivity contribution in [3.05, 3.63) is 29.3 Å². The third-order valence-electron chi connectivity index (χ3n) is 4.02. The lowest BCUT2D eigenvalue weighted by atomic mass is 9.81. The van der Waals surface area contributed by atoms with Gasteiger partial charge in [-0.1, -0.05) is 12.1 Å². The van der Waals surface area contributed by atoms with Crippen LogP contribution in [0.15, 0.2) is 18.2 Å². The molecule has 102 valence electrons. The Balaban J connectivity index is 0.000001000. The molecule has 1 N–H and O–H groups in total. The molecule has 0 aliphatic carbocycles. The summed E-state index contributed by atoms with van der Waals surface area (Å²) in [5.74, 6) is 1.42. The van der Waals surface area contributed by atoms with Gasteiger partial charge in [0.25, 0.3) is 0 Å². The zero-order valence-electron chi connectivity index (χ0n) is 11.3. The minimum Gasteiger partial charge on any atom is -0.491 e. The Bertz CT molecular complexity index is 467. The molecule has 1 aromatic carbocycles. The maximum Gasteiger partial charge on any atom is 0.125 e. The number of hydrogen-bond acceptors (Lipinski definition) is 3. The van der Waals surface area contributed by atoms with E-state index in [2.05, 4.69) is 38.2 Å². The number of hydrogen-bond donors (Lipinski definition) is 1. The van der Waals surface area contributed by atoms with Gasteiger partial charge in [0.1, 0.15) is 5.75 Å². The Morgan fingerprint density at radius 1 is 1.50 bits per heavy atom. The highest BCUT2D eigenvalue weighted by atomic mass is 16.5. The first-order valence-corrected chi connectivity index (χ1v) is 6.73. The van der Waals surface area contributed by atoms with Gasteiger partial charge in [-0.15, -0.1) is 0 Å². The van der Waals surface area contributed by atoms with Crippen LogP contribution in [-0.4, -0.2) is 24.8 Å². The predicted octanol–water partition coefficient (Wildman–Crippen LogP) is 2.94. The Labute approximate surface area is 111 Å². The van der Waals surface area contributed by atoms with Gasteiger partial charge in [0.15, 0.2) is 0 Å². The van der Waals surface area contributed by atoms with Crippen LogP contribution in [-0.2, 0) is 11.3 Å². The summed E-state index contributed by atoms with van der Waals surface area (Å²) >= 11 is 0. The normalized spacial score (nSPS) is 30.1. The Hall–Kier alpha value is -1.06. The van der Waals surface area contributed by atoms with E-state index in [-0.39, 0.29) is 14.6 Å². The van der Waals surface area contributed by atoms with Crippen LogP contribution in [0.1, 0.15) is 40.7 Å². The average molecular weight is 251 g/mol. The van der Waals surface area contributed by atoms with Crippen molar-refractivity contribution >= 4 is 0 Å². The van der Waals surface area contributed by atoms with Crippen molar-refractivity contribution in [1.82, 2.24) is 5.32 Å². The fourth-order valence-electron chi connectivity index (χ4n) is 3.06. The second-order valence-electron chi connectivity index (χ2n) is 5.78. The number of rotatable bonds is 2. The van der Waals surface area contributed by atoms with Crippen molar-refractivity contribution in [2.24, 2.45) is 0 Å². The van der Waals surface area contributed by atoms with E-state index in [1.165, 1.54) is 11.1 Å². The standard InChI is InChI=1S/C15H21NO2.2H2/c1-10(2)18-14-6-4-5-11-12(14)8-17-15(3)9-16-7-13(11)15;;/h4-6,10,13,16H,7-9H2,1-3H3;2*1H/t13?,15-;;/m0../s1. The summed E-state index contributed by atoms with van der Waals surface area (Å²) < 4.78 is 12.0. The maximum absolute atomic E-state index is 6.10.